The van der Waals surface area contributed by atoms with Gasteiger partial charge in [0.2, 0.25) is 12.7 Å². The van der Waals surface area contributed by atoms with Crippen molar-refractivity contribution in [3.63, 3.8) is 0 Å². The van der Waals surface area contributed by atoms with Crippen LogP contribution in [0.5, 0.6) is 11.5 Å². The average molecular weight is 335 g/mol. The van der Waals surface area contributed by atoms with Crippen molar-refractivity contribution >= 4 is 11.9 Å². The maximum atomic E-state index is 12.3. The summed E-state index contributed by atoms with van der Waals surface area (Å²) in [4.78, 5) is 23.4. The Labute approximate surface area is 139 Å². The molecule has 1 aromatic rings. The van der Waals surface area contributed by atoms with Crippen LogP contribution >= 0.6 is 0 Å². The first kappa shape index (κ1) is 16.6. The van der Waals surface area contributed by atoms with Gasteiger partial charge < -0.3 is 24.6 Å². The van der Waals surface area contributed by atoms with Crippen molar-refractivity contribution in [2.24, 2.45) is 5.92 Å². The number of benzene rings is 1. The number of ether oxygens (including phenoxy) is 3. The van der Waals surface area contributed by atoms with E-state index >= 15 is 0 Å². The van der Waals surface area contributed by atoms with Gasteiger partial charge in [-0.25, -0.2) is 0 Å². The summed E-state index contributed by atoms with van der Waals surface area (Å²) in [5.74, 6) is -0.446. The molecular weight excluding hydrogens is 314 g/mol. The minimum atomic E-state index is -0.985. The summed E-state index contributed by atoms with van der Waals surface area (Å²) in [6.07, 6.45) is 1.72. The molecule has 0 aromatic heterocycles. The number of carbonyl (C=O) groups excluding carboxylic acids is 1. The third kappa shape index (κ3) is 3.97. The summed E-state index contributed by atoms with van der Waals surface area (Å²) in [5.41, 5.74) is 1.02. The Kier molecular flexibility index (Phi) is 5.20. The molecule has 7 heteroatoms. The van der Waals surface area contributed by atoms with Crippen molar-refractivity contribution in [1.82, 2.24) is 5.32 Å². The zero-order valence-corrected chi connectivity index (χ0v) is 13.3. The molecule has 0 saturated carbocycles. The third-order valence-electron chi connectivity index (χ3n) is 4.29. The number of fused-ring (bicyclic) bond motifs is 1. The second kappa shape index (κ2) is 7.53. The Morgan fingerprint density at radius 2 is 2.12 bits per heavy atom. The largest absolute Gasteiger partial charge is 0.481 e. The lowest BCUT2D eigenvalue weighted by molar-refractivity contribution is -0.143. The smallest absolute Gasteiger partial charge is 0.304 e. The highest BCUT2D eigenvalue weighted by Crippen LogP contribution is 2.32. The van der Waals surface area contributed by atoms with E-state index in [1.807, 2.05) is 18.2 Å². The van der Waals surface area contributed by atoms with Crippen molar-refractivity contribution in [2.45, 2.75) is 31.8 Å². The highest BCUT2D eigenvalue weighted by Gasteiger charge is 2.33. The summed E-state index contributed by atoms with van der Waals surface area (Å²) in [6, 6.07) is 5.66. The lowest BCUT2D eigenvalue weighted by Crippen LogP contribution is -2.39. The molecule has 1 fully saturated rings. The van der Waals surface area contributed by atoms with Crippen LogP contribution < -0.4 is 14.8 Å². The van der Waals surface area contributed by atoms with Crippen molar-refractivity contribution < 1.29 is 28.9 Å². The molecule has 1 aromatic carbocycles. The fourth-order valence-corrected chi connectivity index (χ4v) is 3.06. The van der Waals surface area contributed by atoms with E-state index in [1.165, 1.54) is 0 Å². The normalized spacial score (nSPS) is 19.9. The first-order chi connectivity index (χ1) is 11.6. The van der Waals surface area contributed by atoms with Crippen LogP contribution in [-0.4, -0.2) is 43.0 Å². The zero-order valence-electron chi connectivity index (χ0n) is 13.3. The fraction of sp³-hybridized carbons (Fsp3) is 0.529. The van der Waals surface area contributed by atoms with E-state index in [9.17, 15) is 9.59 Å². The molecule has 2 heterocycles. The summed E-state index contributed by atoms with van der Waals surface area (Å²) in [6.45, 7) is 1.25. The molecule has 0 bridgehead atoms. The van der Waals surface area contributed by atoms with Crippen LogP contribution in [0.4, 0.5) is 0 Å². The maximum Gasteiger partial charge on any atom is 0.304 e. The van der Waals surface area contributed by atoms with Crippen molar-refractivity contribution in [2.75, 3.05) is 19.9 Å². The number of nitrogens with one attached hydrogen (secondary N) is 1. The molecule has 2 atom stereocenters. The van der Waals surface area contributed by atoms with Crippen LogP contribution in [0.3, 0.4) is 0 Å². The lowest BCUT2D eigenvalue weighted by Gasteiger charge is -2.20. The first-order valence-electron chi connectivity index (χ1n) is 8.13. The van der Waals surface area contributed by atoms with E-state index in [1.54, 1.807) is 0 Å². The number of amides is 1. The topological polar surface area (TPSA) is 94.1 Å². The summed E-state index contributed by atoms with van der Waals surface area (Å²) < 4.78 is 16.1. The lowest BCUT2D eigenvalue weighted by atomic mass is 9.95. The van der Waals surface area contributed by atoms with Gasteiger partial charge in [-0.1, -0.05) is 6.07 Å². The first-order valence-corrected chi connectivity index (χ1v) is 8.13. The molecule has 0 aliphatic carbocycles. The van der Waals surface area contributed by atoms with Gasteiger partial charge in [-0.2, -0.15) is 0 Å². The molecule has 2 N–H and O–H groups in total. The Morgan fingerprint density at radius 3 is 2.88 bits per heavy atom. The van der Waals surface area contributed by atoms with Gasteiger partial charge in [0.05, 0.1) is 18.4 Å². The van der Waals surface area contributed by atoms with E-state index in [2.05, 4.69) is 5.32 Å². The highest BCUT2D eigenvalue weighted by molar-refractivity contribution is 5.83. The van der Waals surface area contributed by atoms with Crippen LogP contribution in [0.15, 0.2) is 18.2 Å². The number of aliphatic carboxylic acids is 1. The Bertz CT molecular complexity index is 611. The van der Waals surface area contributed by atoms with Gasteiger partial charge in [0.25, 0.3) is 0 Å². The predicted molar refractivity (Wildman–Crippen MR) is 84.0 cm³/mol. The average Bonchev–Trinajstić information content (AvgIpc) is 3.23. The number of carboxylic acid groups (broad SMARTS) is 1. The van der Waals surface area contributed by atoms with E-state index < -0.39 is 11.9 Å². The molecule has 130 valence electrons. The number of rotatable bonds is 7. The SMILES string of the molecule is O=C(O)C[C@H](C(=O)NCCc1ccc2c(c1)OCO2)[C@@H]1CCCO1. The Hall–Kier alpha value is -2.28. The minimum absolute atomic E-state index is 0.208. The molecular formula is C17H21NO6. The van der Waals surface area contributed by atoms with Crippen molar-refractivity contribution in [1.29, 1.82) is 0 Å². The maximum absolute atomic E-state index is 12.3. The van der Waals surface area contributed by atoms with Crippen LogP contribution in [0.25, 0.3) is 0 Å². The van der Waals surface area contributed by atoms with E-state index in [-0.39, 0.29) is 25.2 Å². The minimum Gasteiger partial charge on any atom is -0.481 e. The summed E-state index contributed by atoms with van der Waals surface area (Å²) >= 11 is 0. The standard InChI is InChI=1S/C17H21NO6/c19-16(20)9-12(13-2-1-7-22-13)17(21)18-6-5-11-3-4-14-15(8-11)24-10-23-14/h3-4,8,12-13H,1-2,5-7,9-10H2,(H,18,21)(H,19,20)/t12-,13-/m0/s1. The Morgan fingerprint density at radius 1 is 1.29 bits per heavy atom. The molecule has 0 unspecified atom stereocenters. The molecule has 2 aliphatic rings. The highest BCUT2D eigenvalue weighted by atomic mass is 16.7. The van der Waals surface area contributed by atoms with Gasteiger partial charge in [0.15, 0.2) is 11.5 Å². The van der Waals surface area contributed by atoms with Gasteiger partial charge in [-0.15, -0.1) is 0 Å². The quantitative estimate of drug-likeness (QED) is 0.781. The molecule has 2 aliphatic heterocycles. The summed E-state index contributed by atoms with van der Waals surface area (Å²) in [5, 5.41) is 11.9. The fourth-order valence-electron chi connectivity index (χ4n) is 3.06. The second-order valence-electron chi connectivity index (χ2n) is 5.98. The molecule has 0 spiro atoms. The van der Waals surface area contributed by atoms with E-state index in [4.69, 9.17) is 19.3 Å². The number of hydrogen-bond acceptors (Lipinski definition) is 5. The predicted octanol–water partition coefficient (Wildman–Crippen LogP) is 1.34. The molecule has 1 amide bonds. The van der Waals surface area contributed by atoms with Crippen molar-refractivity contribution in [3.8, 4) is 11.5 Å². The molecule has 24 heavy (non-hydrogen) atoms. The van der Waals surface area contributed by atoms with Gasteiger partial charge in [0, 0.05) is 13.2 Å². The summed E-state index contributed by atoms with van der Waals surface area (Å²) in [7, 11) is 0. The van der Waals surface area contributed by atoms with Crippen LogP contribution in [0, 0.1) is 5.92 Å². The zero-order chi connectivity index (χ0) is 16.9. The van der Waals surface area contributed by atoms with Gasteiger partial charge in [0.1, 0.15) is 0 Å². The van der Waals surface area contributed by atoms with Crippen LogP contribution in [-0.2, 0) is 20.7 Å². The third-order valence-corrected chi connectivity index (χ3v) is 4.29. The number of carbonyl (C=O) groups is 2. The second-order valence-corrected chi connectivity index (χ2v) is 5.98. The molecule has 7 nitrogen and oxygen atoms in total. The van der Waals surface area contributed by atoms with Gasteiger partial charge >= 0.3 is 5.97 Å². The van der Waals surface area contributed by atoms with Crippen LogP contribution in [0.1, 0.15) is 24.8 Å². The Balaban J connectivity index is 1.52. The molecule has 0 radical (unpaired) electrons. The number of hydrogen-bond donors (Lipinski definition) is 2. The van der Waals surface area contributed by atoms with E-state index in [0.29, 0.717) is 25.3 Å². The molecule has 3 rings (SSSR count). The van der Waals surface area contributed by atoms with Gasteiger partial charge in [-0.05, 0) is 37.0 Å². The number of carboxylic acids is 1. The van der Waals surface area contributed by atoms with Gasteiger partial charge in [-0.3, -0.25) is 9.59 Å². The molecule has 1 saturated heterocycles. The van der Waals surface area contributed by atoms with E-state index in [0.717, 1.165) is 24.2 Å². The van der Waals surface area contributed by atoms with Crippen molar-refractivity contribution in [3.05, 3.63) is 23.8 Å². The van der Waals surface area contributed by atoms with Crippen LogP contribution in [0.2, 0.25) is 0 Å². The monoisotopic (exact) mass is 335 g/mol.